The molecule has 0 unspecified atom stereocenters. The number of para-hydroxylation sites is 2. The molecule has 0 spiro atoms. The second-order valence-electron chi connectivity index (χ2n) is 8.80. The number of carbonyl (C=O) groups excluding carboxylic acids is 2. The zero-order valence-corrected chi connectivity index (χ0v) is 19.9. The van der Waals surface area contributed by atoms with E-state index in [9.17, 15) is 14.0 Å². The molecule has 2 amide bonds. The van der Waals surface area contributed by atoms with Crippen molar-refractivity contribution in [1.29, 1.82) is 0 Å². The predicted molar refractivity (Wildman–Crippen MR) is 131 cm³/mol. The maximum atomic E-state index is 13.8. The Kier molecular flexibility index (Phi) is 6.86. The van der Waals surface area contributed by atoms with E-state index in [1.807, 2.05) is 30.3 Å². The Hall–Kier alpha value is -3.91. The first-order valence-electron chi connectivity index (χ1n) is 11.9. The molecule has 36 heavy (non-hydrogen) atoms. The standard InChI is InChI=1S/C28H27FN2O5/c1-34-15-14-31-26(18-10-12-19(29)13-11-18)25(21-6-2-3-7-22(21)28(31)33)27(32)30-16-20-17-35-23-8-4-5-9-24(23)36-20/h2-13,20,25-26H,14-17H2,1H3,(H,30,32)/t20-,25-,26-/m0/s1. The van der Waals surface area contributed by atoms with Crippen LogP contribution in [0.1, 0.15) is 33.4 Å². The van der Waals surface area contributed by atoms with E-state index in [1.165, 1.54) is 12.1 Å². The number of amides is 2. The lowest BCUT2D eigenvalue weighted by Gasteiger charge is -2.42. The number of fused-ring (bicyclic) bond motifs is 2. The minimum absolute atomic E-state index is 0.193. The zero-order chi connectivity index (χ0) is 25.1. The molecule has 8 heteroatoms. The second kappa shape index (κ2) is 10.4. The van der Waals surface area contributed by atoms with Crippen LogP contribution < -0.4 is 14.8 Å². The van der Waals surface area contributed by atoms with Gasteiger partial charge >= 0.3 is 0 Å². The summed E-state index contributed by atoms with van der Waals surface area (Å²) in [5.74, 6) is -0.245. The van der Waals surface area contributed by atoms with E-state index in [4.69, 9.17) is 14.2 Å². The Balaban J connectivity index is 1.45. The smallest absolute Gasteiger partial charge is 0.254 e. The maximum absolute atomic E-state index is 13.8. The van der Waals surface area contributed by atoms with Crippen molar-refractivity contribution >= 4 is 11.8 Å². The summed E-state index contributed by atoms with van der Waals surface area (Å²) in [4.78, 5) is 28.9. The van der Waals surface area contributed by atoms with Crippen LogP contribution in [0.3, 0.4) is 0 Å². The van der Waals surface area contributed by atoms with E-state index in [0.29, 0.717) is 41.4 Å². The van der Waals surface area contributed by atoms with Gasteiger partial charge in [-0.2, -0.15) is 0 Å². The lowest BCUT2D eigenvalue weighted by atomic mass is 9.79. The number of nitrogens with one attached hydrogen (secondary N) is 1. The molecular formula is C28H27FN2O5. The minimum atomic E-state index is -0.710. The minimum Gasteiger partial charge on any atom is -0.486 e. The molecule has 186 valence electrons. The summed E-state index contributed by atoms with van der Waals surface area (Å²) >= 11 is 0. The highest BCUT2D eigenvalue weighted by molar-refractivity contribution is 6.01. The van der Waals surface area contributed by atoms with Crippen LogP contribution in [0, 0.1) is 5.82 Å². The quantitative estimate of drug-likeness (QED) is 0.547. The third-order valence-corrected chi connectivity index (χ3v) is 6.54. The van der Waals surface area contributed by atoms with E-state index in [2.05, 4.69) is 5.32 Å². The van der Waals surface area contributed by atoms with Gasteiger partial charge in [0.1, 0.15) is 18.5 Å². The van der Waals surface area contributed by atoms with Crippen LogP contribution in [0.4, 0.5) is 4.39 Å². The number of hydrogen-bond donors (Lipinski definition) is 1. The molecule has 0 saturated heterocycles. The van der Waals surface area contributed by atoms with Crippen molar-refractivity contribution in [2.45, 2.75) is 18.1 Å². The van der Waals surface area contributed by atoms with Gasteiger partial charge in [0, 0.05) is 19.2 Å². The molecule has 2 aliphatic rings. The number of nitrogens with zero attached hydrogens (tertiary/aromatic N) is 1. The molecule has 3 aromatic carbocycles. The summed E-state index contributed by atoms with van der Waals surface area (Å²) in [6.45, 7) is 1.12. The van der Waals surface area contributed by atoms with E-state index in [0.717, 1.165) is 0 Å². The summed E-state index contributed by atoms with van der Waals surface area (Å²) in [6, 6.07) is 19.8. The Morgan fingerprint density at radius 1 is 1.06 bits per heavy atom. The summed E-state index contributed by atoms with van der Waals surface area (Å²) in [5, 5.41) is 3.01. The van der Waals surface area contributed by atoms with Gasteiger partial charge in [0.25, 0.3) is 5.91 Å². The lowest BCUT2D eigenvalue weighted by Crippen LogP contribution is -2.50. The van der Waals surface area contributed by atoms with Gasteiger partial charge in [0.15, 0.2) is 11.5 Å². The highest BCUT2D eigenvalue weighted by Crippen LogP contribution is 2.43. The Morgan fingerprint density at radius 3 is 2.56 bits per heavy atom. The van der Waals surface area contributed by atoms with Gasteiger partial charge in [-0.25, -0.2) is 4.39 Å². The SMILES string of the molecule is COCCN1C(=O)c2ccccc2[C@H](C(=O)NC[C@H]2COc3ccccc3O2)[C@@H]1c1ccc(F)cc1. The van der Waals surface area contributed by atoms with Crippen LogP contribution in [0.5, 0.6) is 11.5 Å². The first kappa shape index (κ1) is 23.8. The monoisotopic (exact) mass is 490 g/mol. The molecule has 0 aromatic heterocycles. The summed E-state index contributed by atoms with van der Waals surface area (Å²) in [5.41, 5.74) is 1.77. The molecule has 0 fully saturated rings. The molecule has 3 aromatic rings. The molecular weight excluding hydrogens is 463 g/mol. The van der Waals surface area contributed by atoms with E-state index in [1.54, 1.807) is 42.3 Å². The first-order valence-corrected chi connectivity index (χ1v) is 11.9. The number of halogens is 1. The fourth-order valence-corrected chi connectivity index (χ4v) is 4.83. The number of benzene rings is 3. The topological polar surface area (TPSA) is 77.1 Å². The molecule has 0 saturated carbocycles. The molecule has 0 bridgehead atoms. The zero-order valence-electron chi connectivity index (χ0n) is 19.9. The highest BCUT2D eigenvalue weighted by atomic mass is 19.1. The summed E-state index contributed by atoms with van der Waals surface area (Å²) in [7, 11) is 1.56. The van der Waals surface area contributed by atoms with Gasteiger partial charge in [0.05, 0.1) is 25.1 Å². The number of hydrogen-bond acceptors (Lipinski definition) is 5. The van der Waals surface area contributed by atoms with Crippen LogP contribution in [0.25, 0.3) is 0 Å². The largest absolute Gasteiger partial charge is 0.486 e. The maximum Gasteiger partial charge on any atom is 0.254 e. The van der Waals surface area contributed by atoms with Crippen molar-refractivity contribution in [1.82, 2.24) is 10.2 Å². The second-order valence-corrected chi connectivity index (χ2v) is 8.80. The van der Waals surface area contributed by atoms with Crippen molar-refractivity contribution in [2.24, 2.45) is 0 Å². The fraction of sp³-hybridized carbons (Fsp3) is 0.286. The fourth-order valence-electron chi connectivity index (χ4n) is 4.83. The normalized spacial score (nSPS) is 20.6. The third-order valence-electron chi connectivity index (χ3n) is 6.54. The van der Waals surface area contributed by atoms with Crippen molar-refractivity contribution < 1.29 is 28.2 Å². The summed E-state index contributed by atoms with van der Waals surface area (Å²) < 4.78 is 30.8. The van der Waals surface area contributed by atoms with Gasteiger partial charge in [-0.15, -0.1) is 0 Å². The van der Waals surface area contributed by atoms with Gasteiger partial charge < -0.3 is 24.4 Å². The average Bonchev–Trinajstić information content (AvgIpc) is 2.91. The lowest BCUT2D eigenvalue weighted by molar-refractivity contribution is -0.124. The molecule has 2 heterocycles. The van der Waals surface area contributed by atoms with E-state index in [-0.39, 0.29) is 36.8 Å². The van der Waals surface area contributed by atoms with Crippen molar-refractivity contribution in [2.75, 3.05) is 33.4 Å². The van der Waals surface area contributed by atoms with Gasteiger partial charge in [-0.3, -0.25) is 9.59 Å². The Bertz CT molecular complexity index is 1250. The number of ether oxygens (including phenoxy) is 3. The van der Waals surface area contributed by atoms with E-state index < -0.39 is 12.0 Å². The number of carbonyl (C=O) groups is 2. The molecule has 3 atom stereocenters. The number of methoxy groups -OCH3 is 1. The van der Waals surface area contributed by atoms with Crippen LogP contribution in [0.15, 0.2) is 72.8 Å². The molecule has 2 aliphatic heterocycles. The van der Waals surface area contributed by atoms with Crippen LogP contribution in [0.2, 0.25) is 0 Å². The van der Waals surface area contributed by atoms with Crippen molar-refractivity contribution in [3.8, 4) is 11.5 Å². The van der Waals surface area contributed by atoms with Crippen LogP contribution in [-0.4, -0.2) is 56.2 Å². The predicted octanol–water partition coefficient (Wildman–Crippen LogP) is 3.71. The summed E-state index contributed by atoms with van der Waals surface area (Å²) in [6.07, 6.45) is -0.363. The van der Waals surface area contributed by atoms with Gasteiger partial charge in [0.2, 0.25) is 5.91 Å². The molecule has 1 N–H and O–H groups in total. The third kappa shape index (κ3) is 4.64. The van der Waals surface area contributed by atoms with Crippen LogP contribution in [-0.2, 0) is 9.53 Å². The Labute approximate surface area is 208 Å². The molecule has 0 aliphatic carbocycles. The first-order chi connectivity index (χ1) is 17.6. The highest BCUT2D eigenvalue weighted by Gasteiger charge is 2.44. The number of rotatable bonds is 7. The van der Waals surface area contributed by atoms with Crippen LogP contribution >= 0.6 is 0 Å². The Morgan fingerprint density at radius 2 is 1.78 bits per heavy atom. The van der Waals surface area contributed by atoms with Crippen molar-refractivity contribution in [3.05, 3.63) is 95.3 Å². The molecule has 7 nitrogen and oxygen atoms in total. The van der Waals surface area contributed by atoms with Gasteiger partial charge in [-0.05, 0) is 41.5 Å². The van der Waals surface area contributed by atoms with E-state index >= 15 is 0 Å². The van der Waals surface area contributed by atoms with Crippen molar-refractivity contribution in [3.63, 3.8) is 0 Å². The molecule has 5 rings (SSSR count). The van der Waals surface area contributed by atoms with Gasteiger partial charge in [-0.1, -0.05) is 42.5 Å². The average molecular weight is 491 g/mol. The molecule has 0 radical (unpaired) electrons.